The average Bonchev–Trinajstić information content (AvgIpc) is 3.54. The molecule has 0 saturated carbocycles. The van der Waals surface area contributed by atoms with Crippen molar-refractivity contribution in [2.45, 2.75) is 33.0 Å². The van der Waals surface area contributed by atoms with Crippen molar-refractivity contribution in [2.75, 3.05) is 11.9 Å². The molecule has 2 N–H and O–H groups in total. The van der Waals surface area contributed by atoms with E-state index in [2.05, 4.69) is 25.8 Å². The number of carbonyl (C=O) groups excluding carboxylic acids is 2. The van der Waals surface area contributed by atoms with Gasteiger partial charge in [-0.25, -0.2) is 9.50 Å². The lowest BCUT2D eigenvalue weighted by Gasteiger charge is -2.11. The fourth-order valence-corrected chi connectivity index (χ4v) is 4.14. The molecule has 3 heterocycles. The van der Waals surface area contributed by atoms with Crippen LogP contribution in [0.4, 0.5) is 18.9 Å². The second-order valence-electron chi connectivity index (χ2n) is 8.84. The standard InChI is InChI=1S/C27H24F3N7O2/c1-3-11-31-26(39)24-21(15-36(4-2)35-24)33-25(38)20-14-23-32-19(13-22(27(28,29)30)37(23)34-20)18-10-9-16-7-5-6-8-17(16)12-18/h5-10,12-15H,3-4,11H2,1-2H3,(H,31,39)(H,33,38). The third-order valence-corrected chi connectivity index (χ3v) is 6.08. The van der Waals surface area contributed by atoms with E-state index >= 15 is 0 Å². The number of rotatable bonds is 7. The minimum Gasteiger partial charge on any atom is -0.351 e. The number of amides is 2. The Morgan fingerprint density at radius 3 is 2.44 bits per heavy atom. The number of benzene rings is 2. The largest absolute Gasteiger partial charge is 0.433 e. The summed E-state index contributed by atoms with van der Waals surface area (Å²) in [5.74, 6) is -1.28. The first kappa shape index (κ1) is 25.9. The minimum absolute atomic E-state index is 0.00453. The molecule has 0 fully saturated rings. The van der Waals surface area contributed by atoms with E-state index in [1.807, 2.05) is 44.2 Å². The van der Waals surface area contributed by atoms with E-state index in [-0.39, 0.29) is 28.4 Å². The summed E-state index contributed by atoms with van der Waals surface area (Å²) in [4.78, 5) is 30.0. The Morgan fingerprint density at radius 2 is 1.72 bits per heavy atom. The zero-order valence-electron chi connectivity index (χ0n) is 21.1. The number of aromatic nitrogens is 5. The van der Waals surface area contributed by atoms with Crippen molar-refractivity contribution in [2.24, 2.45) is 0 Å². The molecule has 39 heavy (non-hydrogen) atoms. The summed E-state index contributed by atoms with van der Waals surface area (Å²) in [6, 6.07) is 14.8. The van der Waals surface area contributed by atoms with E-state index in [0.29, 0.717) is 29.6 Å². The Balaban J connectivity index is 1.53. The first-order valence-electron chi connectivity index (χ1n) is 12.3. The van der Waals surface area contributed by atoms with Gasteiger partial charge in [0.15, 0.2) is 22.7 Å². The summed E-state index contributed by atoms with van der Waals surface area (Å²) < 4.78 is 44.3. The highest BCUT2D eigenvalue weighted by molar-refractivity contribution is 6.07. The smallest absolute Gasteiger partial charge is 0.351 e. The number of halogens is 3. The molecule has 0 radical (unpaired) electrons. The molecule has 2 aromatic carbocycles. The van der Waals surface area contributed by atoms with Crippen molar-refractivity contribution >= 4 is 33.9 Å². The molecule has 9 nitrogen and oxygen atoms in total. The molecule has 12 heteroatoms. The number of aryl methyl sites for hydroxylation is 1. The molecule has 0 unspecified atom stereocenters. The summed E-state index contributed by atoms with van der Waals surface area (Å²) >= 11 is 0. The van der Waals surface area contributed by atoms with Gasteiger partial charge in [0.25, 0.3) is 11.8 Å². The van der Waals surface area contributed by atoms with Crippen LogP contribution in [-0.4, -0.2) is 42.7 Å². The summed E-state index contributed by atoms with van der Waals surface area (Å²) in [6.07, 6.45) is -2.58. The quantitative estimate of drug-likeness (QED) is 0.299. The maximum atomic E-state index is 14.1. The minimum atomic E-state index is -4.76. The highest BCUT2D eigenvalue weighted by Crippen LogP contribution is 2.33. The molecule has 5 aromatic rings. The zero-order chi connectivity index (χ0) is 27.7. The van der Waals surface area contributed by atoms with Crippen LogP contribution in [0.5, 0.6) is 0 Å². The third kappa shape index (κ3) is 5.17. The molecule has 0 aliphatic heterocycles. The number of fused-ring (bicyclic) bond motifs is 2. The summed E-state index contributed by atoms with van der Waals surface area (Å²) in [5.41, 5.74) is -0.831. The number of alkyl halides is 3. The van der Waals surface area contributed by atoms with Gasteiger partial charge in [-0.2, -0.15) is 23.4 Å². The van der Waals surface area contributed by atoms with Crippen molar-refractivity contribution in [3.8, 4) is 11.3 Å². The van der Waals surface area contributed by atoms with Crippen molar-refractivity contribution < 1.29 is 22.8 Å². The molecule has 200 valence electrons. The number of nitrogens with zero attached hydrogens (tertiary/aromatic N) is 5. The van der Waals surface area contributed by atoms with E-state index in [1.54, 1.807) is 12.1 Å². The Hall–Kier alpha value is -4.74. The van der Waals surface area contributed by atoms with Crippen LogP contribution in [0, 0.1) is 0 Å². The van der Waals surface area contributed by atoms with Crippen LogP contribution < -0.4 is 10.6 Å². The second kappa shape index (κ2) is 10.2. The summed E-state index contributed by atoms with van der Waals surface area (Å²) in [5, 5.41) is 15.1. The van der Waals surface area contributed by atoms with Crippen molar-refractivity contribution in [3.63, 3.8) is 0 Å². The Labute approximate surface area is 220 Å². The van der Waals surface area contributed by atoms with Gasteiger partial charge >= 0.3 is 6.18 Å². The van der Waals surface area contributed by atoms with Crippen molar-refractivity contribution in [1.29, 1.82) is 0 Å². The van der Waals surface area contributed by atoms with Crippen LogP contribution in [-0.2, 0) is 12.7 Å². The average molecular weight is 536 g/mol. The lowest BCUT2D eigenvalue weighted by Crippen LogP contribution is -2.26. The van der Waals surface area contributed by atoms with Crippen LogP contribution >= 0.6 is 0 Å². The van der Waals surface area contributed by atoms with Gasteiger partial charge in [0.05, 0.1) is 11.4 Å². The first-order chi connectivity index (χ1) is 18.7. The Kier molecular flexibility index (Phi) is 6.77. The SMILES string of the molecule is CCCNC(=O)c1nn(CC)cc1NC(=O)c1cc2nc(-c3ccc4ccccc4c3)cc(C(F)(F)F)n2n1. The molecule has 0 atom stereocenters. The molecule has 0 aliphatic carbocycles. The Bertz CT molecular complexity index is 1710. The number of hydrogen-bond donors (Lipinski definition) is 2. The van der Waals surface area contributed by atoms with Crippen LogP contribution in [0.3, 0.4) is 0 Å². The first-order valence-corrected chi connectivity index (χ1v) is 12.3. The van der Waals surface area contributed by atoms with E-state index in [0.717, 1.165) is 16.8 Å². The summed E-state index contributed by atoms with van der Waals surface area (Å²) in [7, 11) is 0. The van der Waals surface area contributed by atoms with Gasteiger partial charge in [0.2, 0.25) is 0 Å². The van der Waals surface area contributed by atoms with Gasteiger partial charge in [-0.05, 0) is 36.2 Å². The van der Waals surface area contributed by atoms with Crippen LogP contribution in [0.2, 0.25) is 0 Å². The number of nitrogens with one attached hydrogen (secondary N) is 2. The molecule has 2 amide bonds. The molecular formula is C27H24F3N7O2. The number of carbonyl (C=O) groups is 2. The van der Waals surface area contributed by atoms with E-state index in [1.165, 1.54) is 16.9 Å². The second-order valence-corrected chi connectivity index (χ2v) is 8.84. The molecule has 0 bridgehead atoms. The molecule has 0 saturated heterocycles. The highest BCUT2D eigenvalue weighted by Gasteiger charge is 2.36. The van der Waals surface area contributed by atoms with Gasteiger partial charge in [-0.15, -0.1) is 0 Å². The molecular weight excluding hydrogens is 511 g/mol. The fourth-order valence-electron chi connectivity index (χ4n) is 4.14. The van der Waals surface area contributed by atoms with E-state index < -0.39 is 23.7 Å². The van der Waals surface area contributed by atoms with Crippen LogP contribution in [0.1, 0.15) is 46.9 Å². The maximum absolute atomic E-state index is 14.1. The van der Waals surface area contributed by atoms with Gasteiger partial charge < -0.3 is 10.6 Å². The summed E-state index contributed by atoms with van der Waals surface area (Å²) in [6.45, 7) is 4.56. The normalized spacial score (nSPS) is 11.7. The predicted octanol–water partition coefficient (Wildman–Crippen LogP) is 5.18. The molecule has 0 spiro atoms. The molecule has 3 aromatic heterocycles. The predicted molar refractivity (Wildman–Crippen MR) is 139 cm³/mol. The number of anilines is 1. The van der Waals surface area contributed by atoms with Crippen molar-refractivity contribution in [1.82, 2.24) is 29.7 Å². The van der Waals surface area contributed by atoms with Gasteiger partial charge in [-0.1, -0.05) is 43.3 Å². The van der Waals surface area contributed by atoms with E-state index in [4.69, 9.17) is 0 Å². The van der Waals surface area contributed by atoms with Crippen LogP contribution in [0.25, 0.3) is 27.7 Å². The zero-order valence-corrected chi connectivity index (χ0v) is 21.1. The third-order valence-electron chi connectivity index (χ3n) is 6.08. The van der Waals surface area contributed by atoms with Gasteiger partial charge in [0.1, 0.15) is 0 Å². The highest BCUT2D eigenvalue weighted by atomic mass is 19.4. The monoisotopic (exact) mass is 535 g/mol. The van der Waals surface area contributed by atoms with Gasteiger partial charge in [-0.3, -0.25) is 14.3 Å². The maximum Gasteiger partial charge on any atom is 0.433 e. The van der Waals surface area contributed by atoms with Crippen molar-refractivity contribution in [3.05, 3.63) is 77.9 Å². The Morgan fingerprint density at radius 1 is 0.949 bits per heavy atom. The van der Waals surface area contributed by atoms with E-state index in [9.17, 15) is 22.8 Å². The molecule has 5 rings (SSSR count). The van der Waals surface area contributed by atoms with Gasteiger partial charge in [0, 0.05) is 30.9 Å². The topological polar surface area (TPSA) is 106 Å². The van der Waals surface area contributed by atoms with Crippen LogP contribution in [0.15, 0.2) is 60.8 Å². The number of hydrogen-bond acceptors (Lipinski definition) is 5. The fraction of sp³-hybridized carbons (Fsp3) is 0.222. The lowest BCUT2D eigenvalue weighted by atomic mass is 10.0. The lowest BCUT2D eigenvalue weighted by molar-refractivity contribution is -0.142. The molecule has 0 aliphatic rings.